The first-order chi connectivity index (χ1) is 15.6. The molecule has 2 aromatic carbocycles. The highest BCUT2D eigenvalue weighted by Crippen LogP contribution is 2.41. The summed E-state index contributed by atoms with van der Waals surface area (Å²) >= 11 is 0.787. The summed E-state index contributed by atoms with van der Waals surface area (Å²) in [6.45, 7) is 9.15. The van der Waals surface area contributed by atoms with Crippen LogP contribution in [0.3, 0.4) is 0 Å². The Morgan fingerprint density at radius 3 is 2.45 bits per heavy atom. The van der Waals surface area contributed by atoms with E-state index in [0.717, 1.165) is 46.5 Å². The number of halogens is 2. The van der Waals surface area contributed by atoms with E-state index >= 15 is 4.39 Å². The number of carbonyl (C=O) groups is 2. The minimum atomic E-state index is -0.479. The van der Waals surface area contributed by atoms with Gasteiger partial charge in [-0.1, -0.05) is 25.1 Å². The number of carbonyl (C=O) groups excluding carboxylic acids is 2. The lowest BCUT2D eigenvalue weighted by atomic mass is 9.87. The minimum absolute atomic E-state index is 0.0395. The zero-order valence-electron chi connectivity index (χ0n) is 19.1. The van der Waals surface area contributed by atoms with Crippen LogP contribution in [0.2, 0.25) is 0 Å². The lowest BCUT2D eigenvalue weighted by Crippen LogP contribution is -2.45. The number of hydrogen-bond donors (Lipinski definition) is 0. The second kappa shape index (κ2) is 8.78. The van der Waals surface area contributed by atoms with Crippen LogP contribution in [-0.2, 0) is 11.3 Å². The molecule has 33 heavy (non-hydrogen) atoms. The second-order valence-corrected chi connectivity index (χ2v) is 9.91. The number of amides is 2. The molecule has 4 nitrogen and oxygen atoms in total. The Labute approximate surface area is 197 Å². The normalized spacial score (nSPS) is 18.7. The van der Waals surface area contributed by atoms with E-state index in [1.165, 1.54) is 36.4 Å². The molecular weight excluding hydrogens is 442 g/mol. The summed E-state index contributed by atoms with van der Waals surface area (Å²) in [6, 6.07) is 8.91. The molecule has 4 rings (SSSR count). The molecule has 0 atom stereocenters. The molecule has 0 aromatic heterocycles. The average molecular weight is 469 g/mol. The van der Waals surface area contributed by atoms with Crippen molar-refractivity contribution in [3.8, 4) is 0 Å². The van der Waals surface area contributed by atoms with Gasteiger partial charge in [0.15, 0.2) is 0 Å². The van der Waals surface area contributed by atoms with Crippen molar-refractivity contribution in [2.75, 3.05) is 11.4 Å². The van der Waals surface area contributed by atoms with E-state index in [4.69, 9.17) is 0 Å². The number of anilines is 1. The zero-order chi connectivity index (χ0) is 23.9. The van der Waals surface area contributed by atoms with Crippen LogP contribution < -0.4 is 4.90 Å². The number of fused-ring (bicyclic) bond motifs is 1. The van der Waals surface area contributed by atoms with Gasteiger partial charge in [0.2, 0.25) is 0 Å². The standard InChI is InChI=1S/C26H26F2N2O2S/c1-5-10-30-22-13-21(28)18(11-20(22)16(2)14-26(30,3)4)12-23-24(31)29(25(32)33-23)15-17-6-8-19(27)9-7-17/h6-9,11-14H,5,10,15H2,1-4H3/b23-12+. The van der Waals surface area contributed by atoms with Gasteiger partial charge in [0.05, 0.1) is 17.0 Å². The Morgan fingerprint density at radius 1 is 1.09 bits per heavy atom. The number of hydrogen-bond acceptors (Lipinski definition) is 4. The van der Waals surface area contributed by atoms with Gasteiger partial charge in [0.25, 0.3) is 11.1 Å². The van der Waals surface area contributed by atoms with Crippen molar-refractivity contribution in [2.24, 2.45) is 0 Å². The molecule has 1 fully saturated rings. The molecule has 2 amide bonds. The summed E-state index contributed by atoms with van der Waals surface area (Å²) in [5.41, 5.74) is 3.47. The minimum Gasteiger partial charge on any atom is -0.362 e. The van der Waals surface area contributed by atoms with Crippen molar-refractivity contribution >= 4 is 40.2 Å². The van der Waals surface area contributed by atoms with Crippen molar-refractivity contribution in [3.05, 3.63) is 75.7 Å². The molecule has 2 aromatic rings. The second-order valence-electron chi connectivity index (χ2n) is 8.92. The summed E-state index contributed by atoms with van der Waals surface area (Å²) in [7, 11) is 0. The summed E-state index contributed by atoms with van der Waals surface area (Å²) in [6.07, 6.45) is 4.55. The molecule has 1 saturated heterocycles. The van der Waals surface area contributed by atoms with E-state index in [0.29, 0.717) is 5.56 Å². The molecule has 0 N–H and O–H groups in total. The van der Waals surface area contributed by atoms with Gasteiger partial charge in [-0.15, -0.1) is 0 Å². The van der Waals surface area contributed by atoms with Crippen LogP contribution in [0, 0.1) is 11.6 Å². The third kappa shape index (κ3) is 4.47. The monoisotopic (exact) mass is 468 g/mol. The van der Waals surface area contributed by atoms with E-state index in [1.54, 1.807) is 6.07 Å². The van der Waals surface area contributed by atoms with Gasteiger partial charge in [0.1, 0.15) is 11.6 Å². The van der Waals surface area contributed by atoms with Gasteiger partial charge in [0, 0.05) is 23.4 Å². The predicted molar refractivity (Wildman–Crippen MR) is 130 cm³/mol. The van der Waals surface area contributed by atoms with Crippen LogP contribution in [0.1, 0.15) is 50.8 Å². The molecule has 0 spiro atoms. The Morgan fingerprint density at radius 2 is 1.79 bits per heavy atom. The molecule has 7 heteroatoms. The third-order valence-electron chi connectivity index (χ3n) is 5.96. The molecule has 0 bridgehead atoms. The van der Waals surface area contributed by atoms with Gasteiger partial charge in [-0.05, 0) is 80.4 Å². The largest absolute Gasteiger partial charge is 0.362 e. The quantitative estimate of drug-likeness (QED) is 0.463. The van der Waals surface area contributed by atoms with Crippen molar-refractivity contribution in [2.45, 2.75) is 46.2 Å². The zero-order valence-corrected chi connectivity index (χ0v) is 19.9. The molecule has 2 aliphatic heterocycles. The number of allylic oxidation sites excluding steroid dienone is 1. The fourth-order valence-corrected chi connectivity index (χ4v) is 5.24. The van der Waals surface area contributed by atoms with Crippen molar-refractivity contribution in [3.63, 3.8) is 0 Å². The number of nitrogens with zero attached hydrogens (tertiary/aromatic N) is 2. The van der Waals surface area contributed by atoms with Crippen molar-refractivity contribution < 1.29 is 18.4 Å². The van der Waals surface area contributed by atoms with Crippen LogP contribution in [-0.4, -0.2) is 28.1 Å². The predicted octanol–water partition coefficient (Wildman–Crippen LogP) is 6.61. The Hall–Kier alpha value is -2.93. The van der Waals surface area contributed by atoms with Gasteiger partial charge in [-0.25, -0.2) is 8.78 Å². The van der Waals surface area contributed by atoms with E-state index in [1.807, 2.05) is 6.92 Å². The molecule has 2 heterocycles. The van der Waals surface area contributed by atoms with E-state index in [2.05, 4.69) is 31.7 Å². The summed E-state index contributed by atoms with van der Waals surface area (Å²) < 4.78 is 28.3. The summed E-state index contributed by atoms with van der Waals surface area (Å²) in [4.78, 5) is 28.8. The van der Waals surface area contributed by atoms with E-state index < -0.39 is 17.0 Å². The molecule has 0 radical (unpaired) electrons. The molecule has 172 valence electrons. The molecule has 0 aliphatic carbocycles. The number of thioether (sulfide) groups is 1. The van der Waals surface area contributed by atoms with Crippen LogP contribution in [0.4, 0.5) is 19.3 Å². The van der Waals surface area contributed by atoms with Gasteiger partial charge in [-0.2, -0.15) is 0 Å². The average Bonchev–Trinajstić information content (AvgIpc) is 3.00. The Balaban J connectivity index is 1.66. The fraction of sp³-hybridized carbons (Fsp3) is 0.308. The molecule has 0 unspecified atom stereocenters. The van der Waals surface area contributed by atoms with Gasteiger partial charge >= 0.3 is 0 Å². The maximum atomic E-state index is 15.2. The third-order valence-corrected chi connectivity index (χ3v) is 6.86. The smallest absolute Gasteiger partial charge is 0.293 e. The first kappa shape index (κ1) is 23.2. The van der Waals surface area contributed by atoms with E-state index in [-0.39, 0.29) is 28.4 Å². The number of rotatable bonds is 5. The first-order valence-electron chi connectivity index (χ1n) is 10.9. The van der Waals surface area contributed by atoms with Crippen LogP contribution in [0.25, 0.3) is 11.6 Å². The highest BCUT2D eigenvalue weighted by atomic mass is 32.2. The van der Waals surface area contributed by atoms with E-state index in [9.17, 15) is 14.0 Å². The summed E-state index contributed by atoms with van der Waals surface area (Å²) in [5, 5.41) is -0.430. The lowest BCUT2D eigenvalue weighted by Gasteiger charge is -2.43. The summed E-state index contributed by atoms with van der Waals surface area (Å²) in [5.74, 6) is -1.31. The first-order valence-corrected chi connectivity index (χ1v) is 11.7. The number of imide groups is 1. The van der Waals surface area contributed by atoms with Crippen LogP contribution in [0.15, 0.2) is 47.4 Å². The van der Waals surface area contributed by atoms with Crippen molar-refractivity contribution in [1.82, 2.24) is 4.90 Å². The maximum Gasteiger partial charge on any atom is 0.293 e. The lowest BCUT2D eigenvalue weighted by molar-refractivity contribution is -0.123. The SMILES string of the molecule is CCCN1c2cc(F)c(/C=C3/SC(=O)N(Cc4ccc(F)cc4)C3=O)cc2C(C)=CC1(C)C. The van der Waals surface area contributed by atoms with Gasteiger partial charge in [-0.3, -0.25) is 14.5 Å². The topological polar surface area (TPSA) is 40.6 Å². The van der Waals surface area contributed by atoms with Crippen molar-refractivity contribution in [1.29, 1.82) is 0 Å². The molecule has 2 aliphatic rings. The molecule has 0 saturated carbocycles. The number of benzene rings is 2. The van der Waals surface area contributed by atoms with Crippen LogP contribution >= 0.6 is 11.8 Å². The van der Waals surface area contributed by atoms with Gasteiger partial charge < -0.3 is 4.90 Å². The maximum absolute atomic E-state index is 15.2. The fourth-order valence-electron chi connectivity index (χ4n) is 4.41. The van der Waals surface area contributed by atoms with Crippen LogP contribution in [0.5, 0.6) is 0 Å². The Kier molecular flexibility index (Phi) is 6.18. The molecular formula is C26H26F2N2O2S. The Bertz CT molecular complexity index is 1190. The highest BCUT2D eigenvalue weighted by Gasteiger charge is 2.36. The highest BCUT2D eigenvalue weighted by molar-refractivity contribution is 8.18.